The van der Waals surface area contributed by atoms with Gasteiger partial charge in [-0.1, -0.05) is 12.1 Å². The molecule has 6 heteroatoms. The van der Waals surface area contributed by atoms with Crippen LogP contribution < -0.4 is 5.32 Å². The molecule has 0 bridgehead atoms. The van der Waals surface area contributed by atoms with Crippen molar-refractivity contribution in [2.45, 2.75) is 6.42 Å². The standard InChI is InChI=1S/C14H12BrN3OS/c15-12-4-2-1-3-11(12)13(19)16-6-5-10-9-18-7-8-20-14(18)17-10/h1-4,7-9H,5-6H2,(H,16,19). The quantitative estimate of drug-likeness (QED) is 0.786. The zero-order chi connectivity index (χ0) is 13.9. The van der Waals surface area contributed by atoms with Gasteiger partial charge in [-0.25, -0.2) is 4.98 Å². The smallest absolute Gasteiger partial charge is 0.252 e. The Balaban J connectivity index is 1.58. The summed E-state index contributed by atoms with van der Waals surface area (Å²) in [4.78, 5) is 17.5. The Bertz CT molecular complexity index is 721. The molecule has 0 unspecified atom stereocenters. The molecule has 1 N–H and O–H groups in total. The third kappa shape index (κ3) is 2.76. The third-order valence-electron chi connectivity index (χ3n) is 2.93. The molecular weight excluding hydrogens is 338 g/mol. The lowest BCUT2D eigenvalue weighted by Crippen LogP contribution is -2.26. The second-order valence-electron chi connectivity index (χ2n) is 4.31. The van der Waals surface area contributed by atoms with E-state index in [2.05, 4.69) is 26.2 Å². The average Bonchev–Trinajstić information content (AvgIpc) is 3.00. The van der Waals surface area contributed by atoms with Crippen LogP contribution in [0.5, 0.6) is 0 Å². The van der Waals surface area contributed by atoms with E-state index in [1.54, 1.807) is 17.4 Å². The van der Waals surface area contributed by atoms with Gasteiger partial charge in [-0.05, 0) is 28.1 Å². The van der Waals surface area contributed by atoms with Gasteiger partial charge in [0.2, 0.25) is 0 Å². The maximum absolute atomic E-state index is 12.0. The summed E-state index contributed by atoms with van der Waals surface area (Å²) in [6.07, 6.45) is 4.71. The summed E-state index contributed by atoms with van der Waals surface area (Å²) in [5.74, 6) is -0.0708. The topological polar surface area (TPSA) is 46.4 Å². The van der Waals surface area contributed by atoms with Crippen LogP contribution in [0, 0.1) is 0 Å². The van der Waals surface area contributed by atoms with E-state index < -0.39 is 0 Å². The second kappa shape index (κ2) is 5.76. The van der Waals surface area contributed by atoms with E-state index in [-0.39, 0.29) is 5.91 Å². The van der Waals surface area contributed by atoms with Crippen molar-refractivity contribution in [3.05, 3.63) is 57.8 Å². The summed E-state index contributed by atoms with van der Waals surface area (Å²) in [7, 11) is 0. The summed E-state index contributed by atoms with van der Waals surface area (Å²) in [6.45, 7) is 0.574. The Kier molecular flexibility index (Phi) is 3.84. The molecule has 0 aliphatic heterocycles. The number of halogens is 1. The van der Waals surface area contributed by atoms with Crippen LogP contribution in [0.25, 0.3) is 4.96 Å². The zero-order valence-electron chi connectivity index (χ0n) is 10.5. The van der Waals surface area contributed by atoms with Crippen molar-refractivity contribution in [3.63, 3.8) is 0 Å². The van der Waals surface area contributed by atoms with Gasteiger partial charge < -0.3 is 5.32 Å². The van der Waals surface area contributed by atoms with E-state index in [9.17, 15) is 4.79 Å². The normalized spacial score (nSPS) is 10.8. The fourth-order valence-corrected chi connectivity index (χ4v) is 3.12. The number of nitrogens with zero attached hydrogens (tertiary/aromatic N) is 2. The Morgan fingerprint density at radius 3 is 3.05 bits per heavy atom. The van der Waals surface area contributed by atoms with Crippen molar-refractivity contribution >= 4 is 38.1 Å². The Labute approximate surface area is 128 Å². The van der Waals surface area contributed by atoms with Gasteiger partial charge in [0.1, 0.15) is 0 Å². The lowest BCUT2D eigenvalue weighted by molar-refractivity contribution is 0.0953. The highest BCUT2D eigenvalue weighted by molar-refractivity contribution is 9.10. The molecule has 20 heavy (non-hydrogen) atoms. The monoisotopic (exact) mass is 349 g/mol. The molecule has 0 aliphatic rings. The molecule has 0 fully saturated rings. The first-order chi connectivity index (χ1) is 9.74. The highest BCUT2D eigenvalue weighted by Gasteiger charge is 2.09. The van der Waals surface area contributed by atoms with Crippen LogP contribution >= 0.6 is 27.3 Å². The molecule has 0 atom stereocenters. The van der Waals surface area contributed by atoms with Gasteiger partial charge in [-0.2, -0.15) is 0 Å². The van der Waals surface area contributed by atoms with Crippen LogP contribution in [0.4, 0.5) is 0 Å². The van der Waals surface area contributed by atoms with Crippen molar-refractivity contribution in [2.24, 2.45) is 0 Å². The molecule has 1 amide bonds. The van der Waals surface area contributed by atoms with E-state index in [0.29, 0.717) is 12.1 Å². The molecule has 3 rings (SSSR count). The number of carbonyl (C=O) groups excluding carboxylic acids is 1. The number of amides is 1. The van der Waals surface area contributed by atoms with E-state index in [1.807, 2.05) is 40.4 Å². The van der Waals surface area contributed by atoms with Gasteiger partial charge in [-0.15, -0.1) is 11.3 Å². The molecule has 1 aromatic carbocycles. The number of hydrogen-bond donors (Lipinski definition) is 1. The lowest BCUT2D eigenvalue weighted by Gasteiger charge is -2.05. The third-order valence-corrected chi connectivity index (χ3v) is 4.39. The Morgan fingerprint density at radius 2 is 2.25 bits per heavy atom. The predicted molar refractivity (Wildman–Crippen MR) is 83.2 cm³/mol. The molecular formula is C14H12BrN3OS. The molecule has 2 aromatic heterocycles. The van der Waals surface area contributed by atoms with Gasteiger partial charge >= 0.3 is 0 Å². The van der Waals surface area contributed by atoms with Gasteiger partial charge in [0, 0.05) is 35.2 Å². The summed E-state index contributed by atoms with van der Waals surface area (Å²) < 4.78 is 2.80. The summed E-state index contributed by atoms with van der Waals surface area (Å²) >= 11 is 4.98. The largest absolute Gasteiger partial charge is 0.352 e. The molecule has 3 aromatic rings. The van der Waals surface area contributed by atoms with Gasteiger partial charge in [0.15, 0.2) is 4.96 Å². The molecule has 0 saturated carbocycles. The fraction of sp³-hybridized carbons (Fsp3) is 0.143. The number of nitrogens with one attached hydrogen (secondary N) is 1. The highest BCUT2D eigenvalue weighted by atomic mass is 79.9. The summed E-state index contributed by atoms with van der Waals surface area (Å²) in [6, 6.07) is 7.40. The van der Waals surface area contributed by atoms with Crippen molar-refractivity contribution in [3.8, 4) is 0 Å². The van der Waals surface area contributed by atoms with E-state index in [0.717, 1.165) is 21.5 Å². The minimum absolute atomic E-state index is 0.0708. The first-order valence-electron chi connectivity index (χ1n) is 6.18. The number of hydrogen-bond acceptors (Lipinski definition) is 3. The van der Waals surface area contributed by atoms with E-state index >= 15 is 0 Å². The Hall–Kier alpha value is -1.66. The zero-order valence-corrected chi connectivity index (χ0v) is 12.9. The van der Waals surface area contributed by atoms with Crippen LogP contribution in [0.2, 0.25) is 0 Å². The van der Waals surface area contributed by atoms with Crippen molar-refractivity contribution < 1.29 is 4.79 Å². The molecule has 0 spiro atoms. The van der Waals surface area contributed by atoms with Crippen LogP contribution in [0.15, 0.2) is 46.5 Å². The minimum Gasteiger partial charge on any atom is -0.352 e. The van der Waals surface area contributed by atoms with Crippen LogP contribution in [-0.2, 0) is 6.42 Å². The Morgan fingerprint density at radius 1 is 1.40 bits per heavy atom. The number of fused-ring (bicyclic) bond motifs is 1. The summed E-state index contributed by atoms with van der Waals surface area (Å²) in [5, 5.41) is 4.91. The number of carbonyl (C=O) groups is 1. The van der Waals surface area contributed by atoms with E-state index in [1.165, 1.54) is 0 Å². The van der Waals surface area contributed by atoms with Crippen LogP contribution in [-0.4, -0.2) is 21.8 Å². The first kappa shape index (κ1) is 13.3. The molecule has 2 heterocycles. The van der Waals surface area contributed by atoms with Gasteiger partial charge in [0.05, 0.1) is 11.3 Å². The number of imidazole rings is 1. The molecule has 102 valence electrons. The van der Waals surface area contributed by atoms with E-state index in [4.69, 9.17) is 0 Å². The summed E-state index contributed by atoms with van der Waals surface area (Å²) in [5.41, 5.74) is 1.64. The van der Waals surface area contributed by atoms with Crippen LogP contribution in [0.1, 0.15) is 16.1 Å². The maximum Gasteiger partial charge on any atom is 0.252 e. The SMILES string of the molecule is O=C(NCCc1cn2ccsc2n1)c1ccccc1Br. The minimum atomic E-state index is -0.0708. The highest BCUT2D eigenvalue weighted by Crippen LogP contribution is 2.15. The molecule has 0 radical (unpaired) electrons. The van der Waals surface area contributed by atoms with Crippen molar-refractivity contribution in [1.82, 2.24) is 14.7 Å². The van der Waals surface area contributed by atoms with Crippen molar-refractivity contribution in [2.75, 3.05) is 6.54 Å². The average molecular weight is 350 g/mol. The number of thiazole rings is 1. The van der Waals surface area contributed by atoms with Gasteiger partial charge in [0.25, 0.3) is 5.91 Å². The number of benzene rings is 1. The van der Waals surface area contributed by atoms with Gasteiger partial charge in [-0.3, -0.25) is 9.20 Å². The molecule has 0 saturated heterocycles. The lowest BCUT2D eigenvalue weighted by atomic mass is 10.2. The number of rotatable bonds is 4. The fourth-order valence-electron chi connectivity index (χ4n) is 1.94. The number of aromatic nitrogens is 2. The predicted octanol–water partition coefficient (Wildman–Crippen LogP) is 3.13. The first-order valence-corrected chi connectivity index (χ1v) is 7.85. The van der Waals surface area contributed by atoms with Crippen molar-refractivity contribution in [1.29, 1.82) is 0 Å². The molecule has 0 aliphatic carbocycles. The molecule has 4 nitrogen and oxygen atoms in total. The second-order valence-corrected chi connectivity index (χ2v) is 6.04. The van der Waals surface area contributed by atoms with Crippen LogP contribution in [0.3, 0.4) is 0 Å². The maximum atomic E-state index is 12.0.